The van der Waals surface area contributed by atoms with Gasteiger partial charge in [-0.3, -0.25) is 9.36 Å². The maximum atomic E-state index is 12.9. The first-order valence-electron chi connectivity index (χ1n) is 9.08. The van der Waals surface area contributed by atoms with E-state index in [1.165, 1.54) is 0 Å². The van der Waals surface area contributed by atoms with Gasteiger partial charge in [-0.05, 0) is 18.2 Å². The van der Waals surface area contributed by atoms with Crippen molar-refractivity contribution in [2.75, 3.05) is 52.5 Å². The molecule has 2 saturated heterocycles. The van der Waals surface area contributed by atoms with Gasteiger partial charge in [0.2, 0.25) is 0 Å². The maximum Gasteiger partial charge on any atom is 0.320 e. The van der Waals surface area contributed by atoms with Crippen molar-refractivity contribution >= 4 is 11.9 Å². The van der Waals surface area contributed by atoms with Crippen molar-refractivity contribution in [2.45, 2.75) is 0 Å². The fourth-order valence-corrected chi connectivity index (χ4v) is 3.37. The molecule has 9 nitrogen and oxygen atoms in total. The van der Waals surface area contributed by atoms with Crippen LogP contribution in [-0.4, -0.2) is 93.9 Å². The lowest BCUT2D eigenvalue weighted by Crippen LogP contribution is -2.55. The number of carbonyl (C=O) groups excluding carboxylic acids is 2. The van der Waals surface area contributed by atoms with Gasteiger partial charge in [-0.1, -0.05) is 6.07 Å². The first-order valence-corrected chi connectivity index (χ1v) is 9.08. The Bertz CT molecular complexity index is 795. The predicted octanol–water partition coefficient (Wildman–Crippen LogP) is 0.477. The van der Waals surface area contributed by atoms with Crippen molar-refractivity contribution in [3.05, 3.63) is 42.5 Å². The first kappa shape index (κ1) is 17.5. The van der Waals surface area contributed by atoms with Crippen LogP contribution in [0.3, 0.4) is 0 Å². The fourth-order valence-electron chi connectivity index (χ4n) is 3.37. The number of piperazine rings is 1. The van der Waals surface area contributed by atoms with Gasteiger partial charge in [-0.15, -0.1) is 10.2 Å². The highest BCUT2D eigenvalue weighted by Crippen LogP contribution is 2.14. The van der Waals surface area contributed by atoms with Crippen LogP contribution in [0.15, 0.2) is 36.9 Å². The highest BCUT2D eigenvalue weighted by Gasteiger charge is 2.28. The van der Waals surface area contributed by atoms with Gasteiger partial charge in [0, 0.05) is 50.5 Å². The molecule has 1 aromatic heterocycles. The van der Waals surface area contributed by atoms with Crippen molar-refractivity contribution in [3.63, 3.8) is 0 Å². The van der Waals surface area contributed by atoms with Crippen molar-refractivity contribution in [3.8, 4) is 5.69 Å². The summed E-state index contributed by atoms with van der Waals surface area (Å²) in [6, 6.07) is 7.43. The molecule has 0 radical (unpaired) electrons. The zero-order valence-electron chi connectivity index (χ0n) is 15.0. The molecular weight excluding hydrogens is 348 g/mol. The molecule has 1 aromatic carbocycles. The first-order chi connectivity index (χ1) is 13.2. The van der Waals surface area contributed by atoms with Gasteiger partial charge in [-0.25, -0.2) is 4.79 Å². The molecule has 142 valence electrons. The van der Waals surface area contributed by atoms with Crippen LogP contribution in [0.1, 0.15) is 10.4 Å². The minimum Gasteiger partial charge on any atom is -0.378 e. The number of hydrogen-bond donors (Lipinski definition) is 0. The molecule has 0 spiro atoms. The Morgan fingerprint density at radius 2 is 1.48 bits per heavy atom. The lowest BCUT2D eigenvalue weighted by Gasteiger charge is -2.38. The second-order valence-electron chi connectivity index (χ2n) is 6.58. The Morgan fingerprint density at radius 1 is 0.852 bits per heavy atom. The molecule has 0 bridgehead atoms. The van der Waals surface area contributed by atoms with E-state index in [0.29, 0.717) is 58.0 Å². The molecule has 3 amide bonds. The molecule has 0 atom stereocenters. The largest absolute Gasteiger partial charge is 0.378 e. The summed E-state index contributed by atoms with van der Waals surface area (Å²) in [4.78, 5) is 30.9. The maximum absolute atomic E-state index is 12.9. The van der Waals surface area contributed by atoms with Crippen LogP contribution in [0.4, 0.5) is 4.79 Å². The molecule has 2 aromatic rings. The quantitative estimate of drug-likeness (QED) is 0.768. The zero-order valence-corrected chi connectivity index (χ0v) is 15.0. The van der Waals surface area contributed by atoms with E-state index in [0.717, 1.165) is 5.69 Å². The van der Waals surface area contributed by atoms with Crippen LogP contribution < -0.4 is 0 Å². The Hall–Kier alpha value is -2.94. The fraction of sp³-hybridized carbons (Fsp3) is 0.444. The van der Waals surface area contributed by atoms with Crippen LogP contribution in [0, 0.1) is 0 Å². The third-order valence-corrected chi connectivity index (χ3v) is 4.93. The van der Waals surface area contributed by atoms with Crippen LogP contribution in [0.25, 0.3) is 5.69 Å². The topological polar surface area (TPSA) is 83.8 Å². The van der Waals surface area contributed by atoms with E-state index in [-0.39, 0.29) is 11.9 Å². The average Bonchev–Trinajstić information content (AvgIpc) is 3.29. The number of urea groups is 1. The molecule has 9 heteroatoms. The second-order valence-corrected chi connectivity index (χ2v) is 6.58. The average molecular weight is 370 g/mol. The third-order valence-electron chi connectivity index (χ3n) is 4.93. The molecule has 27 heavy (non-hydrogen) atoms. The van der Waals surface area contributed by atoms with E-state index in [4.69, 9.17) is 4.74 Å². The van der Waals surface area contributed by atoms with Gasteiger partial charge in [0.15, 0.2) is 0 Å². The van der Waals surface area contributed by atoms with Crippen molar-refractivity contribution in [1.29, 1.82) is 0 Å². The van der Waals surface area contributed by atoms with Crippen molar-refractivity contribution < 1.29 is 14.3 Å². The smallest absolute Gasteiger partial charge is 0.320 e. The van der Waals surface area contributed by atoms with Crippen LogP contribution in [0.5, 0.6) is 0 Å². The number of nitrogens with zero attached hydrogens (tertiary/aromatic N) is 6. The molecular formula is C18H22N6O3. The molecule has 0 saturated carbocycles. The SMILES string of the molecule is O=C(c1cccc(-n2cnnc2)c1)N1CCN(C(=O)N2CCOCC2)CC1. The Morgan fingerprint density at radius 3 is 2.19 bits per heavy atom. The Balaban J connectivity index is 1.37. The van der Waals surface area contributed by atoms with Gasteiger partial charge in [0.1, 0.15) is 12.7 Å². The summed E-state index contributed by atoms with van der Waals surface area (Å²) in [6.45, 7) is 4.61. The standard InChI is InChI=1S/C18H22N6O3/c25-17(15-2-1-3-16(12-15)24-13-19-20-14-24)21-4-6-22(7-5-21)18(26)23-8-10-27-11-9-23/h1-3,12-14H,4-11H2. The van der Waals surface area contributed by atoms with Gasteiger partial charge in [-0.2, -0.15) is 0 Å². The van der Waals surface area contributed by atoms with Crippen LogP contribution >= 0.6 is 0 Å². The molecule has 0 unspecified atom stereocenters. The summed E-state index contributed by atoms with van der Waals surface area (Å²) in [5.74, 6) is -0.0246. The monoisotopic (exact) mass is 370 g/mol. The normalized spacial score (nSPS) is 17.9. The number of morpholine rings is 1. The number of ether oxygens (including phenoxy) is 1. The molecule has 3 heterocycles. The van der Waals surface area contributed by atoms with E-state index in [1.807, 2.05) is 28.0 Å². The van der Waals surface area contributed by atoms with Crippen LogP contribution in [0.2, 0.25) is 0 Å². The number of hydrogen-bond acceptors (Lipinski definition) is 5. The van der Waals surface area contributed by atoms with E-state index in [9.17, 15) is 9.59 Å². The number of benzene rings is 1. The Kier molecular flexibility index (Phi) is 5.01. The third kappa shape index (κ3) is 3.77. The summed E-state index contributed by atoms with van der Waals surface area (Å²) in [5, 5.41) is 7.59. The highest BCUT2D eigenvalue weighted by atomic mass is 16.5. The summed E-state index contributed by atoms with van der Waals surface area (Å²) in [5.41, 5.74) is 1.46. The van der Waals surface area contributed by atoms with Crippen LogP contribution in [-0.2, 0) is 4.74 Å². The van der Waals surface area contributed by atoms with Gasteiger partial charge in [0.25, 0.3) is 5.91 Å². The summed E-state index contributed by atoms with van der Waals surface area (Å²) >= 11 is 0. The Labute approximate surface area is 157 Å². The number of amides is 3. The minimum atomic E-state index is -0.0246. The molecule has 0 N–H and O–H groups in total. The zero-order chi connectivity index (χ0) is 18.6. The molecule has 0 aliphatic carbocycles. The van der Waals surface area contributed by atoms with E-state index >= 15 is 0 Å². The van der Waals surface area contributed by atoms with Gasteiger partial charge >= 0.3 is 6.03 Å². The van der Waals surface area contributed by atoms with Gasteiger partial charge in [0.05, 0.1) is 13.2 Å². The minimum absolute atomic E-state index is 0.0246. The van der Waals surface area contributed by atoms with E-state index in [2.05, 4.69) is 10.2 Å². The van der Waals surface area contributed by atoms with Crippen molar-refractivity contribution in [1.82, 2.24) is 29.5 Å². The van der Waals surface area contributed by atoms with Gasteiger partial charge < -0.3 is 19.4 Å². The summed E-state index contributed by atoms with van der Waals surface area (Å²) in [7, 11) is 0. The molecule has 2 aliphatic rings. The number of rotatable bonds is 2. The van der Waals surface area contributed by atoms with E-state index in [1.54, 1.807) is 28.2 Å². The van der Waals surface area contributed by atoms with E-state index < -0.39 is 0 Å². The summed E-state index contributed by atoms with van der Waals surface area (Å²) < 4.78 is 7.06. The number of aromatic nitrogens is 3. The van der Waals surface area contributed by atoms with Crippen molar-refractivity contribution in [2.24, 2.45) is 0 Å². The molecule has 4 rings (SSSR count). The lowest BCUT2D eigenvalue weighted by atomic mass is 10.1. The molecule has 2 fully saturated rings. The summed E-state index contributed by atoms with van der Waals surface area (Å²) in [6.07, 6.45) is 3.19. The lowest BCUT2D eigenvalue weighted by molar-refractivity contribution is 0.0362. The number of carbonyl (C=O) groups is 2. The highest BCUT2D eigenvalue weighted by molar-refractivity contribution is 5.95. The second kappa shape index (κ2) is 7.75. The molecule has 2 aliphatic heterocycles. The predicted molar refractivity (Wildman–Crippen MR) is 96.6 cm³/mol.